The summed E-state index contributed by atoms with van der Waals surface area (Å²) in [7, 11) is 0. The van der Waals surface area contributed by atoms with E-state index >= 15 is 0 Å². The zero-order valence-electron chi connectivity index (χ0n) is 13.4. The molecule has 1 amide bonds. The highest BCUT2D eigenvalue weighted by atomic mass is 35.5. The Bertz CT molecular complexity index is 858. The molecule has 3 nitrogen and oxygen atoms in total. The fourth-order valence-corrected chi connectivity index (χ4v) is 3.52. The lowest BCUT2D eigenvalue weighted by molar-refractivity contribution is -0.117. The Morgan fingerprint density at radius 1 is 1.12 bits per heavy atom. The van der Waals surface area contributed by atoms with Crippen molar-refractivity contribution in [2.75, 3.05) is 5.32 Å². The lowest BCUT2D eigenvalue weighted by Gasteiger charge is -2.11. The van der Waals surface area contributed by atoms with Gasteiger partial charge in [-0.1, -0.05) is 23.7 Å². The van der Waals surface area contributed by atoms with Crippen LogP contribution in [0.2, 0.25) is 4.34 Å². The molecule has 1 N–H and O–H groups in total. The predicted octanol–water partition coefficient (Wildman–Crippen LogP) is 5.51. The molecular weight excluding hydrogens is 340 g/mol. The zero-order chi connectivity index (χ0) is 17.1. The van der Waals surface area contributed by atoms with E-state index < -0.39 is 0 Å². The Balaban J connectivity index is 1.71. The van der Waals surface area contributed by atoms with E-state index in [1.54, 1.807) is 6.20 Å². The van der Waals surface area contributed by atoms with Crippen molar-refractivity contribution in [3.05, 3.63) is 69.6 Å². The van der Waals surface area contributed by atoms with Gasteiger partial charge < -0.3 is 5.32 Å². The SMILES string of the molecule is Cc1cc(-c2ccc(NC(=O)C(C)c3ccc(Cl)s3)cc2)ccn1. The number of benzene rings is 1. The van der Waals surface area contributed by atoms with Gasteiger partial charge in [-0.3, -0.25) is 9.78 Å². The summed E-state index contributed by atoms with van der Waals surface area (Å²) in [5.74, 6) is -0.272. The highest BCUT2D eigenvalue weighted by Gasteiger charge is 2.17. The molecule has 0 saturated carbocycles. The van der Waals surface area contributed by atoms with Gasteiger partial charge in [0.2, 0.25) is 5.91 Å². The Morgan fingerprint density at radius 2 is 1.88 bits per heavy atom. The Kier molecular flexibility index (Phi) is 4.97. The summed E-state index contributed by atoms with van der Waals surface area (Å²) < 4.78 is 0.696. The number of thiophene rings is 1. The first-order chi connectivity index (χ1) is 11.5. The van der Waals surface area contributed by atoms with Gasteiger partial charge in [0, 0.05) is 22.5 Å². The molecule has 0 fully saturated rings. The molecular formula is C19H17ClN2OS. The summed E-state index contributed by atoms with van der Waals surface area (Å²) in [4.78, 5) is 17.5. The topological polar surface area (TPSA) is 42.0 Å². The van der Waals surface area contributed by atoms with Crippen molar-refractivity contribution in [2.24, 2.45) is 0 Å². The molecule has 1 aromatic carbocycles. The van der Waals surface area contributed by atoms with Crippen molar-refractivity contribution in [3.8, 4) is 11.1 Å². The average Bonchev–Trinajstić information content (AvgIpc) is 3.01. The molecule has 0 aliphatic rings. The van der Waals surface area contributed by atoms with Gasteiger partial charge >= 0.3 is 0 Å². The van der Waals surface area contributed by atoms with E-state index in [0.717, 1.165) is 27.4 Å². The lowest BCUT2D eigenvalue weighted by Crippen LogP contribution is -2.17. The molecule has 0 radical (unpaired) electrons. The van der Waals surface area contributed by atoms with Gasteiger partial charge in [-0.2, -0.15) is 0 Å². The minimum absolute atomic E-state index is 0.0407. The summed E-state index contributed by atoms with van der Waals surface area (Å²) in [6.07, 6.45) is 1.80. The summed E-state index contributed by atoms with van der Waals surface area (Å²) in [6, 6.07) is 15.5. The molecule has 24 heavy (non-hydrogen) atoms. The molecule has 3 aromatic rings. The van der Waals surface area contributed by atoms with E-state index in [1.165, 1.54) is 11.3 Å². The number of nitrogens with one attached hydrogen (secondary N) is 1. The van der Waals surface area contributed by atoms with Gasteiger partial charge in [-0.05, 0) is 61.4 Å². The minimum atomic E-state index is -0.231. The number of rotatable bonds is 4. The van der Waals surface area contributed by atoms with Crippen LogP contribution in [0.1, 0.15) is 23.4 Å². The number of nitrogens with zero attached hydrogens (tertiary/aromatic N) is 1. The molecule has 122 valence electrons. The quantitative estimate of drug-likeness (QED) is 0.669. The van der Waals surface area contributed by atoms with E-state index in [2.05, 4.69) is 10.3 Å². The fraction of sp³-hybridized carbons (Fsp3) is 0.158. The number of hydrogen-bond acceptors (Lipinski definition) is 3. The highest BCUT2D eigenvalue weighted by molar-refractivity contribution is 7.16. The van der Waals surface area contributed by atoms with Crippen LogP contribution >= 0.6 is 22.9 Å². The molecule has 0 spiro atoms. The average molecular weight is 357 g/mol. The maximum Gasteiger partial charge on any atom is 0.232 e. The predicted molar refractivity (Wildman–Crippen MR) is 101 cm³/mol. The van der Waals surface area contributed by atoms with Crippen LogP contribution in [0.15, 0.2) is 54.7 Å². The van der Waals surface area contributed by atoms with Crippen LogP contribution in [-0.2, 0) is 4.79 Å². The third-order valence-electron chi connectivity index (χ3n) is 3.80. The molecule has 5 heteroatoms. The van der Waals surface area contributed by atoms with Crippen LogP contribution in [0.5, 0.6) is 0 Å². The molecule has 2 aromatic heterocycles. The smallest absolute Gasteiger partial charge is 0.232 e. The van der Waals surface area contributed by atoms with Gasteiger partial charge in [0.1, 0.15) is 0 Å². The maximum absolute atomic E-state index is 12.4. The van der Waals surface area contributed by atoms with Gasteiger partial charge in [-0.25, -0.2) is 0 Å². The molecule has 0 saturated heterocycles. The maximum atomic E-state index is 12.4. The van der Waals surface area contributed by atoms with Crippen LogP contribution < -0.4 is 5.32 Å². The Hall–Kier alpha value is -2.17. The normalized spacial score (nSPS) is 12.0. The van der Waals surface area contributed by atoms with Crippen molar-refractivity contribution in [3.63, 3.8) is 0 Å². The van der Waals surface area contributed by atoms with E-state index in [-0.39, 0.29) is 11.8 Å². The number of pyridine rings is 1. The van der Waals surface area contributed by atoms with Crippen molar-refractivity contribution in [1.82, 2.24) is 4.98 Å². The lowest BCUT2D eigenvalue weighted by atomic mass is 10.1. The Morgan fingerprint density at radius 3 is 2.50 bits per heavy atom. The van der Waals surface area contributed by atoms with Crippen molar-refractivity contribution < 1.29 is 4.79 Å². The standard InChI is InChI=1S/C19H17ClN2OS/c1-12-11-15(9-10-21-12)14-3-5-16(6-4-14)22-19(23)13(2)17-7-8-18(20)24-17/h3-11,13H,1-2H3,(H,22,23). The number of carbonyl (C=O) groups excluding carboxylic acids is 1. The minimum Gasteiger partial charge on any atom is -0.326 e. The third-order valence-corrected chi connectivity index (χ3v) is 5.21. The summed E-state index contributed by atoms with van der Waals surface area (Å²) in [5.41, 5.74) is 3.97. The highest BCUT2D eigenvalue weighted by Crippen LogP contribution is 2.29. The molecule has 1 atom stereocenters. The Labute approximate surface area is 150 Å². The second-order valence-corrected chi connectivity index (χ2v) is 7.36. The van der Waals surface area contributed by atoms with Crippen LogP contribution in [0.25, 0.3) is 11.1 Å². The van der Waals surface area contributed by atoms with E-state index in [0.29, 0.717) is 4.34 Å². The number of halogens is 1. The van der Waals surface area contributed by atoms with Crippen LogP contribution in [-0.4, -0.2) is 10.9 Å². The van der Waals surface area contributed by atoms with E-state index in [4.69, 9.17) is 11.6 Å². The molecule has 1 unspecified atom stereocenters. The summed E-state index contributed by atoms with van der Waals surface area (Å²) in [5, 5.41) is 2.95. The van der Waals surface area contributed by atoms with Crippen molar-refractivity contribution in [2.45, 2.75) is 19.8 Å². The molecule has 0 aliphatic heterocycles. The molecule has 3 rings (SSSR count). The number of aromatic nitrogens is 1. The molecule has 0 bridgehead atoms. The second-order valence-electron chi connectivity index (χ2n) is 5.62. The molecule has 2 heterocycles. The first-order valence-electron chi connectivity index (χ1n) is 7.62. The second kappa shape index (κ2) is 7.16. The zero-order valence-corrected chi connectivity index (χ0v) is 15.0. The van der Waals surface area contributed by atoms with Gasteiger partial charge in [0.15, 0.2) is 0 Å². The number of hydrogen-bond donors (Lipinski definition) is 1. The largest absolute Gasteiger partial charge is 0.326 e. The summed E-state index contributed by atoms with van der Waals surface area (Å²) in [6.45, 7) is 3.85. The first-order valence-corrected chi connectivity index (χ1v) is 8.81. The van der Waals surface area contributed by atoms with Crippen LogP contribution in [0, 0.1) is 6.92 Å². The number of amides is 1. The monoisotopic (exact) mass is 356 g/mol. The van der Waals surface area contributed by atoms with E-state index in [1.807, 2.05) is 62.4 Å². The first kappa shape index (κ1) is 16.7. The summed E-state index contributed by atoms with van der Waals surface area (Å²) >= 11 is 7.37. The van der Waals surface area contributed by atoms with Gasteiger partial charge in [-0.15, -0.1) is 11.3 Å². The third kappa shape index (κ3) is 3.83. The number of carbonyl (C=O) groups is 1. The van der Waals surface area contributed by atoms with Crippen LogP contribution in [0.3, 0.4) is 0 Å². The van der Waals surface area contributed by atoms with Gasteiger partial charge in [0.25, 0.3) is 0 Å². The number of aryl methyl sites for hydroxylation is 1. The van der Waals surface area contributed by atoms with Crippen molar-refractivity contribution in [1.29, 1.82) is 0 Å². The number of anilines is 1. The molecule has 0 aliphatic carbocycles. The van der Waals surface area contributed by atoms with Crippen molar-refractivity contribution >= 4 is 34.5 Å². The van der Waals surface area contributed by atoms with Crippen LogP contribution in [0.4, 0.5) is 5.69 Å². The van der Waals surface area contributed by atoms with Gasteiger partial charge in [0.05, 0.1) is 10.3 Å². The fourth-order valence-electron chi connectivity index (χ4n) is 2.41. The van der Waals surface area contributed by atoms with E-state index in [9.17, 15) is 4.79 Å².